The highest BCUT2D eigenvalue weighted by Crippen LogP contribution is 1.95. The minimum absolute atomic E-state index is 0.347. The smallest absolute Gasteiger partial charge is 0.336 e. The van der Waals surface area contributed by atoms with Gasteiger partial charge in [-0.25, -0.2) is 4.79 Å². The van der Waals surface area contributed by atoms with E-state index in [2.05, 4.69) is 17.4 Å². The lowest BCUT2D eigenvalue weighted by atomic mass is 10.4. The summed E-state index contributed by atoms with van der Waals surface area (Å²) in [4.78, 5) is 10.8. The van der Waals surface area contributed by atoms with Gasteiger partial charge in [-0.3, -0.25) is 0 Å². The highest BCUT2D eigenvalue weighted by Gasteiger charge is 2.15. The summed E-state index contributed by atoms with van der Waals surface area (Å²) < 4.78 is 9.44. The number of thiol groups is 1. The molecule has 0 spiro atoms. The topological polar surface area (TPSA) is 35.5 Å². The third-order valence-corrected chi connectivity index (χ3v) is 1.33. The third-order valence-electron chi connectivity index (χ3n) is 1.000. The Labute approximate surface area is 66.1 Å². The predicted octanol–water partition coefficient (Wildman–Crippen LogP) is 0.494. The maximum Gasteiger partial charge on any atom is 0.336 e. The molecule has 0 aliphatic heterocycles. The van der Waals surface area contributed by atoms with Crippen molar-refractivity contribution in [1.29, 1.82) is 0 Å². The van der Waals surface area contributed by atoms with Crippen molar-refractivity contribution < 1.29 is 14.3 Å². The van der Waals surface area contributed by atoms with E-state index in [4.69, 9.17) is 4.74 Å². The molecule has 0 aliphatic carbocycles. The summed E-state index contributed by atoms with van der Waals surface area (Å²) in [6, 6.07) is 0. The van der Waals surface area contributed by atoms with Crippen molar-refractivity contribution in [2.24, 2.45) is 0 Å². The summed E-state index contributed by atoms with van der Waals surface area (Å²) in [5.41, 5.74) is 0. The normalized spacial score (nSPS) is 12.7. The summed E-state index contributed by atoms with van der Waals surface area (Å²) >= 11 is 3.90. The number of ether oxygens (including phenoxy) is 2. The molecule has 0 N–H and O–H groups in total. The Hall–Kier alpha value is -0.220. The Bertz CT molecular complexity index is 101. The monoisotopic (exact) mass is 164 g/mol. The van der Waals surface area contributed by atoms with Crippen LogP contribution in [0, 0.1) is 0 Å². The van der Waals surface area contributed by atoms with Gasteiger partial charge in [-0.1, -0.05) is 0 Å². The first kappa shape index (κ1) is 9.78. The average molecular weight is 164 g/mol. The highest BCUT2D eigenvalue weighted by molar-refractivity contribution is 7.80. The molecule has 0 aliphatic rings. The van der Waals surface area contributed by atoms with Gasteiger partial charge in [0.2, 0.25) is 0 Å². The van der Waals surface area contributed by atoms with Crippen molar-refractivity contribution >= 4 is 18.6 Å². The molecule has 0 rings (SSSR count). The summed E-state index contributed by atoms with van der Waals surface area (Å²) in [5, 5.41) is 0. The fourth-order valence-corrected chi connectivity index (χ4v) is 0.779. The molecule has 0 fully saturated rings. The molecule has 0 heterocycles. The van der Waals surface area contributed by atoms with Gasteiger partial charge in [-0.15, -0.1) is 0 Å². The lowest BCUT2D eigenvalue weighted by Gasteiger charge is -2.09. The average Bonchev–Trinajstić information content (AvgIpc) is 1.91. The SMILES string of the molecule is CCOC(=O)C(CS)OC. The summed E-state index contributed by atoms with van der Waals surface area (Å²) in [6.45, 7) is 2.13. The highest BCUT2D eigenvalue weighted by atomic mass is 32.1. The molecule has 0 saturated carbocycles. The predicted molar refractivity (Wildman–Crippen MR) is 41.3 cm³/mol. The first-order chi connectivity index (χ1) is 4.76. The maximum atomic E-state index is 10.8. The number of methoxy groups -OCH3 is 1. The minimum Gasteiger partial charge on any atom is -0.464 e. The number of esters is 1. The van der Waals surface area contributed by atoms with E-state index in [-0.39, 0.29) is 5.97 Å². The van der Waals surface area contributed by atoms with Gasteiger partial charge in [-0.05, 0) is 6.92 Å². The van der Waals surface area contributed by atoms with Gasteiger partial charge in [0.15, 0.2) is 6.10 Å². The van der Waals surface area contributed by atoms with Crippen LogP contribution in [0.5, 0.6) is 0 Å². The van der Waals surface area contributed by atoms with Crippen LogP contribution >= 0.6 is 12.6 Å². The number of hydrogen-bond acceptors (Lipinski definition) is 4. The lowest BCUT2D eigenvalue weighted by molar-refractivity contribution is -0.153. The molecule has 10 heavy (non-hydrogen) atoms. The zero-order valence-corrected chi connectivity index (χ0v) is 7.06. The fraction of sp³-hybridized carbons (Fsp3) is 0.833. The van der Waals surface area contributed by atoms with Crippen molar-refractivity contribution in [2.75, 3.05) is 19.5 Å². The van der Waals surface area contributed by atoms with Crippen LogP contribution in [0.4, 0.5) is 0 Å². The molecule has 0 aromatic heterocycles. The lowest BCUT2D eigenvalue weighted by Crippen LogP contribution is -2.26. The van der Waals surface area contributed by atoms with Crippen LogP contribution < -0.4 is 0 Å². The zero-order valence-electron chi connectivity index (χ0n) is 6.16. The van der Waals surface area contributed by atoms with Gasteiger partial charge in [0.1, 0.15) is 0 Å². The molecule has 0 radical (unpaired) electrons. The Kier molecular flexibility index (Phi) is 5.43. The molecular formula is C6H12O3S. The van der Waals surface area contributed by atoms with Crippen molar-refractivity contribution in [1.82, 2.24) is 0 Å². The minimum atomic E-state index is -0.525. The van der Waals surface area contributed by atoms with Crippen LogP contribution in [0.15, 0.2) is 0 Å². The van der Waals surface area contributed by atoms with Crippen molar-refractivity contribution in [3.8, 4) is 0 Å². The van der Waals surface area contributed by atoms with Gasteiger partial charge in [0.05, 0.1) is 6.61 Å². The van der Waals surface area contributed by atoms with Crippen LogP contribution in [0.25, 0.3) is 0 Å². The fourth-order valence-electron chi connectivity index (χ4n) is 0.481. The van der Waals surface area contributed by atoms with E-state index < -0.39 is 6.10 Å². The molecule has 3 nitrogen and oxygen atoms in total. The van der Waals surface area contributed by atoms with E-state index in [0.717, 1.165) is 0 Å². The van der Waals surface area contributed by atoms with Crippen LogP contribution in [-0.4, -0.2) is 31.5 Å². The Balaban J connectivity index is 3.65. The van der Waals surface area contributed by atoms with Crippen molar-refractivity contribution in [2.45, 2.75) is 13.0 Å². The van der Waals surface area contributed by atoms with E-state index in [1.54, 1.807) is 6.92 Å². The molecule has 0 amide bonds. The molecule has 0 aromatic carbocycles. The molecule has 4 heteroatoms. The van der Waals surface area contributed by atoms with Gasteiger partial charge in [0.25, 0.3) is 0 Å². The first-order valence-electron chi connectivity index (χ1n) is 3.06. The number of rotatable bonds is 4. The summed E-state index contributed by atoms with van der Waals surface area (Å²) in [6.07, 6.45) is -0.525. The van der Waals surface area contributed by atoms with E-state index in [1.165, 1.54) is 7.11 Å². The molecule has 0 aromatic rings. The second-order valence-electron chi connectivity index (χ2n) is 1.66. The Morgan fingerprint density at radius 3 is 2.60 bits per heavy atom. The van der Waals surface area contributed by atoms with E-state index in [9.17, 15) is 4.79 Å². The third kappa shape index (κ3) is 3.08. The molecule has 60 valence electrons. The quantitative estimate of drug-likeness (QED) is 0.485. The van der Waals surface area contributed by atoms with E-state index in [1.807, 2.05) is 0 Å². The van der Waals surface area contributed by atoms with Gasteiger partial charge < -0.3 is 9.47 Å². The van der Waals surface area contributed by atoms with Crippen LogP contribution in [0.1, 0.15) is 6.92 Å². The number of hydrogen-bond donors (Lipinski definition) is 1. The molecule has 0 saturated heterocycles. The maximum absolute atomic E-state index is 10.8. The largest absolute Gasteiger partial charge is 0.464 e. The van der Waals surface area contributed by atoms with Crippen LogP contribution in [0.3, 0.4) is 0 Å². The molecule has 1 unspecified atom stereocenters. The van der Waals surface area contributed by atoms with Gasteiger partial charge >= 0.3 is 5.97 Å². The van der Waals surface area contributed by atoms with E-state index >= 15 is 0 Å². The number of carbonyl (C=O) groups excluding carboxylic acids is 1. The van der Waals surface area contributed by atoms with E-state index in [0.29, 0.717) is 12.4 Å². The standard InChI is InChI=1S/C6H12O3S/c1-3-9-6(7)5(4-10)8-2/h5,10H,3-4H2,1-2H3. The van der Waals surface area contributed by atoms with Crippen molar-refractivity contribution in [3.63, 3.8) is 0 Å². The van der Waals surface area contributed by atoms with Gasteiger partial charge in [0, 0.05) is 12.9 Å². The number of carbonyl (C=O) groups is 1. The van der Waals surface area contributed by atoms with Gasteiger partial charge in [-0.2, -0.15) is 12.6 Å². The Morgan fingerprint density at radius 1 is 1.70 bits per heavy atom. The first-order valence-corrected chi connectivity index (χ1v) is 3.69. The molecule has 0 bridgehead atoms. The van der Waals surface area contributed by atoms with Crippen molar-refractivity contribution in [3.05, 3.63) is 0 Å². The second kappa shape index (κ2) is 5.56. The summed E-state index contributed by atoms with van der Waals surface area (Å²) in [5.74, 6) is 0.00926. The van der Waals surface area contributed by atoms with Crippen LogP contribution in [0.2, 0.25) is 0 Å². The Morgan fingerprint density at radius 2 is 2.30 bits per heavy atom. The van der Waals surface area contributed by atoms with Crippen LogP contribution in [-0.2, 0) is 14.3 Å². The zero-order chi connectivity index (χ0) is 7.98. The second-order valence-corrected chi connectivity index (χ2v) is 2.02. The molecular weight excluding hydrogens is 152 g/mol. The molecule has 1 atom stereocenters. The summed E-state index contributed by atoms with van der Waals surface area (Å²) in [7, 11) is 1.46.